The Morgan fingerprint density at radius 3 is 2.76 bits per heavy atom. The minimum Gasteiger partial charge on any atom is -0.382 e. The smallest absolute Gasteiger partial charge is 0.242 e. The summed E-state index contributed by atoms with van der Waals surface area (Å²) in [6.07, 6.45) is 2.54. The number of aromatic nitrogens is 1. The van der Waals surface area contributed by atoms with Crippen molar-refractivity contribution >= 4 is 10.0 Å². The van der Waals surface area contributed by atoms with E-state index in [-0.39, 0.29) is 11.4 Å². The van der Waals surface area contributed by atoms with Crippen molar-refractivity contribution in [3.63, 3.8) is 0 Å². The van der Waals surface area contributed by atoms with E-state index in [4.69, 9.17) is 9.47 Å². The number of methoxy groups -OCH3 is 1. The Labute approximate surface area is 126 Å². The van der Waals surface area contributed by atoms with Crippen LogP contribution in [-0.2, 0) is 26.0 Å². The number of H-pyrrole nitrogens is 1. The van der Waals surface area contributed by atoms with Crippen molar-refractivity contribution < 1.29 is 17.9 Å². The van der Waals surface area contributed by atoms with Crippen molar-refractivity contribution in [2.45, 2.75) is 24.8 Å². The molecule has 7 nitrogen and oxygen atoms in total. The number of hydrogen-bond donors (Lipinski definition) is 3. The highest BCUT2D eigenvalue weighted by Gasteiger charge is 2.15. The molecule has 0 atom stereocenters. The predicted molar refractivity (Wildman–Crippen MR) is 80.7 cm³/mol. The molecule has 1 aromatic heterocycles. The molecule has 1 heterocycles. The van der Waals surface area contributed by atoms with E-state index >= 15 is 0 Å². The highest BCUT2D eigenvalue weighted by atomic mass is 32.2. The van der Waals surface area contributed by atoms with Gasteiger partial charge in [-0.3, -0.25) is 0 Å². The summed E-state index contributed by atoms with van der Waals surface area (Å²) in [6.45, 7) is 5.12. The van der Waals surface area contributed by atoms with Gasteiger partial charge in [0.1, 0.15) is 0 Å². The van der Waals surface area contributed by atoms with Crippen molar-refractivity contribution in [3.8, 4) is 0 Å². The van der Waals surface area contributed by atoms with Gasteiger partial charge in [-0.25, -0.2) is 13.1 Å². The molecule has 0 saturated heterocycles. The summed E-state index contributed by atoms with van der Waals surface area (Å²) in [5.74, 6) is 0. The molecular weight excluding hydrogens is 294 g/mol. The average Bonchev–Trinajstić information content (AvgIpc) is 2.93. The molecule has 122 valence electrons. The lowest BCUT2D eigenvalue weighted by Crippen LogP contribution is -2.27. The fraction of sp³-hybridized carbons (Fsp3) is 0.692. The Hall–Kier alpha value is -0.930. The van der Waals surface area contributed by atoms with Crippen LogP contribution in [0, 0.1) is 0 Å². The third-order valence-corrected chi connectivity index (χ3v) is 4.18. The number of aromatic amines is 1. The summed E-state index contributed by atoms with van der Waals surface area (Å²) in [6, 6.07) is 1.64. The Morgan fingerprint density at radius 2 is 2.05 bits per heavy atom. The van der Waals surface area contributed by atoms with E-state index in [1.165, 1.54) is 6.20 Å². The molecule has 1 rings (SSSR count). The summed E-state index contributed by atoms with van der Waals surface area (Å²) >= 11 is 0. The van der Waals surface area contributed by atoms with E-state index < -0.39 is 10.0 Å². The van der Waals surface area contributed by atoms with Crippen molar-refractivity contribution in [2.24, 2.45) is 0 Å². The molecule has 3 N–H and O–H groups in total. The molecule has 0 aliphatic heterocycles. The maximum Gasteiger partial charge on any atom is 0.242 e. The highest BCUT2D eigenvalue weighted by molar-refractivity contribution is 7.89. The molecule has 0 aliphatic carbocycles. The molecule has 21 heavy (non-hydrogen) atoms. The summed E-state index contributed by atoms with van der Waals surface area (Å²) in [5.41, 5.74) is 0.847. The van der Waals surface area contributed by atoms with Gasteiger partial charge < -0.3 is 19.8 Å². The third kappa shape index (κ3) is 7.05. The van der Waals surface area contributed by atoms with Gasteiger partial charge in [0.15, 0.2) is 0 Å². The Balaban J connectivity index is 2.36. The number of sulfonamides is 1. The van der Waals surface area contributed by atoms with Gasteiger partial charge in [0.2, 0.25) is 10.0 Å². The number of nitrogens with one attached hydrogen (secondary N) is 3. The predicted octanol–water partition coefficient (Wildman–Crippen LogP) is 0.456. The minimum atomic E-state index is -3.48. The molecule has 0 spiro atoms. The van der Waals surface area contributed by atoms with Crippen LogP contribution in [0.25, 0.3) is 0 Å². The molecule has 0 saturated carbocycles. The van der Waals surface area contributed by atoms with Crippen LogP contribution >= 0.6 is 0 Å². The van der Waals surface area contributed by atoms with E-state index in [0.29, 0.717) is 26.4 Å². The van der Waals surface area contributed by atoms with Gasteiger partial charge in [0.25, 0.3) is 0 Å². The van der Waals surface area contributed by atoms with Crippen LogP contribution in [0.4, 0.5) is 0 Å². The molecule has 0 amide bonds. The average molecular weight is 319 g/mol. The molecular formula is C13H25N3O4S. The lowest BCUT2D eigenvalue weighted by molar-refractivity contribution is 0.0736. The van der Waals surface area contributed by atoms with E-state index in [2.05, 4.69) is 21.9 Å². The van der Waals surface area contributed by atoms with Gasteiger partial charge in [-0.2, -0.15) is 0 Å². The van der Waals surface area contributed by atoms with Gasteiger partial charge in [0, 0.05) is 32.1 Å². The fourth-order valence-electron chi connectivity index (χ4n) is 1.65. The van der Waals surface area contributed by atoms with E-state index in [1.54, 1.807) is 13.2 Å². The van der Waals surface area contributed by atoms with Crippen LogP contribution in [-0.4, -0.2) is 53.4 Å². The lowest BCUT2D eigenvalue weighted by atomic mass is 10.4. The summed E-state index contributed by atoms with van der Waals surface area (Å²) in [7, 11) is -1.89. The SMILES string of the molecule is CCCNCc1cc(S(=O)(=O)NCCOCCOC)c[nH]1. The second-order valence-electron chi connectivity index (χ2n) is 4.54. The van der Waals surface area contributed by atoms with Crippen molar-refractivity contribution in [1.29, 1.82) is 0 Å². The molecule has 8 heteroatoms. The molecule has 0 unspecified atom stereocenters. The lowest BCUT2D eigenvalue weighted by Gasteiger charge is -2.05. The van der Waals surface area contributed by atoms with E-state index in [0.717, 1.165) is 18.7 Å². The van der Waals surface area contributed by atoms with Gasteiger partial charge in [0.05, 0.1) is 24.7 Å². The maximum atomic E-state index is 12.0. The topological polar surface area (TPSA) is 92.5 Å². The fourth-order valence-corrected chi connectivity index (χ4v) is 2.68. The Kier molecular flexibility index (Phi) is 8.55. The molecule has 1 aromatic rings. The monoisotopic (exact) mass is 319 g/mol. The largest absolute Gasteiger partial charge is 0.382 e. The first kappa shape index (κ1) is 18.1. The Morgan fingerprint density at radius 1 is 1.24 bits per heavy atom. The maximum absolute atomic E-state index is 12.0. The minimum absolute atomic E-state index is 0.237. The first-order valence-corrected chi connectivity index (χ1v) is 8.53. The van der Waals surface area contributed by atoms with Crippen molar-refractivity contribution in [2.75, 3.05) is 40.0 Å². The second kappa shape index (κ2) is 9.91. The molecule has 0 aliphatic rings. The third-order valence-electron chi connectivity index (χ3n) is 2.74. The van der Waals surface area contributed by atoms with E-state index in [1.807, 2.05) is 0 Å². The molecule has 0 fully saturated rings. The van der Waals surface area contributed by atoms with Crippen molar-refractivity contribution in [3.05, 3.63) is 18.0 Å². The number of ether oxygens (including phenoxy) is 2. The van der Waals surface area contributed by atoms with Gasteiger partial charge in [-0.05, 0) is 19.0 Å². The quantitative estimate of drug-likeness (QED) is 0.487. The zero-order valence-corrected chi connectivity index (χ0v) is 13.5. The standard InChI is InChI=1S/C13H25N3O4S/c1-3-4-14-10-12-9-13(11-15-12)21(17,18)16-5-6-20-8-7-19-2/h9,11,14-16H,3-8,10H2,1-2H3. The number of hydrogen-bond acceptors (Lipinski definition) is 5. The van der Waals surface area contributed by atoms with Gasteiger partial charge >= 0.3 is 0 Å². The van der Waals surface area contributed by atoms with Crippen molar-refractivity contribution in [1.82, 2.24) is 15.0 Å². The van der Waals surface area contributed by atoms with Crippen LogP contribution in [0.3, 0.4) is 0 Å². The summed E-state index contributed by atoms with van der Waals surface area (Å²) in [4.78, 5) is 3.20. The van der Waals surface area contributed by atoms with Gasteiger partial charge in [-0.15, -0.1) is 0 Å². The van der Waals surface area contributed by atoms with Crippen LogP contribution in [0.1, 0.15) is 19.0 Å². The van der Waals surface area contributed by atoms with Crippen LogP contribution in [0.5, 0.6) is 0 Å². The summed E-state index contributed by atoms with van der Waals surface area (Å²) in [5, 5.41) is 3.21. The first-order chi connectivity index (χ1) is 10.1. The second-order valence-corrected chi connectivity index (χ2v) is 6.31. The van der Waals surface area contributed by atoms with Crippen LogP contribution in [0.15, 0.2) is 17.2 Å². The van der Waals surface area contributed by atoms with Crippen LogP contribution in [0.2, 0.25) is 0 Å². The Bertz CT molecular complexity index is 487. The molecule has 0 radical (unpaired) electrons. The van der Waals surface area contributed by atoms with E-state index in [9.17, 15) is 8.42 Å². The summed E-state index contributed by atoms with van der Waals surface area (Å²) < 4.78 is 36.6. The zero-order valence-electron chi connectivity index (χ0n) is 12.6. The van der Waals surface area contributed by atoms with Gasteiger partial charge in [-0.1, -0.05) is 6.92 Å². The highest BCUT2D eigenvalue weighted by Crippen LogP contribution is 2.10. The van der Waals surface area contributed by atoms with Crippen LogP contribution < -0.4 is 10.0 Å². The normalized spacial score (nSPS) is 11.9. The zero-order chi connectivity index (χ0) is 15.6. The molecule has 0 aromatic carbocycles. The number of rotatable bonds is 12. The molecule has 0 bridgehead atoms. The first-order valence-electron chi connectivity index (χ1n) is 7.04.